The Morgan fingerprint density at radius 3 is 2.23 bits per heavy atom. The van der Waals surface area contributed by atoms with Gasteiger partial charge in [0.15, 0.2) is 0 Å². The molecule has 13 heavy (non-hydrogen) atoms. The van der Waals surface area contributed by atoms with Crippen molar-refractivity contribution in [3.8, 4) is 0 Å². The maximum atomic E-state index is 11.3. The maximum Gasteiger partial charge on any atom is 0.312 e. The van der Waals surface area contributed by atoms with Crippen molar-refractivity contribution < 1.29 is 19.1 Å². The molecule has 76 valence electrons. The molecule has 0 N–H and O–H groups in total. The topological polar surface area (TPSA) is 52.6 Å². The van der Waals surface area contributed by atoms with Crippen LogP contribution in [0, 0.1) is 5.41 Å². The van der Waals surface area contributed by atoms with Gasteiger partial charge in [-0.3, -0.25) is 9.59 Å². The van der Waals surface area contributed by atoms with Gasteiger partial charge >= 0.3 is 11.9 Å². The quantitative estimate of drug-likeness (QED) is 0.621. The zero-order valence-corrected chi connectivity index (χ0v) is 8.55. The van der Waals surface area contributed by atoms with Gasteiger partial charge < -0.3 is 9.47 Å². The van der Waals surface area contributed by atoms with E-state index in [1.807, 2.05) is 0 Å². The van der Waals surface area contributed by atoms with Gasteiger partial charge in [-0.05, 0) is 20.8 Å². The lowest BCUT2D eigenvalue weighted by atomic mass is 9.90. The Labute approximate surface area is 78.2 Å². The zero-order chi connectivity index (χ0) is 10.5. The van der Waals surface area contributed by atoms with Gasteiger partial charge in [-0.25, -0.2) is 0 Å². The first kappa shape index (κ1) is 11.9. The lowest BCUT2D eigenvalue weighted by molar-refractivity contribution is -0.159. The van der Waals surface area contributed by atoms with Crippen LogP contribution < -0.4 is 0 Å². The third-order valence-electron chi connectivity index (χ3n) is 1.64. The van der Waals surface area contributed by atoms with E-state index in [1.54, 1.807) is 20.8 Å². The number of carbonyl (C=O) groups is 2. The highest BCUT2D eigenvalue weighted by atomic mass is 16.5. The number of hydrogen-bond donors (Lipinski definition) is 0. The van der Waals surface area contributed by atoms with Crippen LogP contribution in [0.15, 0.2) is 0 Å². The van der Waals surface area contributed by atoms with Crippen molar-refractivity contribution in [1.29, 1.82) is 0 Å². The molecule has 0 amide bonds. The second-order valence-electron chi connectivity index (χ2n) is 3.36. The van der Waals surface area contributed by atoms with Crippen molar-refractivity contribution in [2.75, 3.05) is 13.7 Å². The van der Waals surface area contributed by atoms with Crippen molar-refractivity contribution in [3.05, 3.63) is 0 Å². The minimum absolute atomic E-state index is 0.0440. The highest BCUT2D eigenvalue weighted by molar-refractivity contribution is 5.82. The van der Waals surface area contributed by atoms with E-state index in [0.29, 0.717) is 6.61 Å². The molecule has 4 heteroatoms. The molecule has 0 spiro atoms. The minimum Gasteiger partial charge on any atom is -0.469 e. The van der Waals surface area contributed by atoms with E-state index in [4.69, 9.17) is 4.74 Å². The van der Waals surface area contributed by atoms with Crippen LogP contribution in [0.4, 0.5) is 0 Å². The van der Waals surface area contributed by atoms with Gasteiger partial charge in [0.1, 0.15) is 0 Å². The van der Waals surface area contributed by atoms with Gasteiger partial charge in [0.05, 0.1) is 25.6 Å². The van der Waals surface area contributed by atoms with Crippen LogP contribution in [0.1, 0.15) is 27.2 Å². The van der Waals surface area contributed by atoms with E-state index in [2.05, 4.69) is 4.74 Å². The number of esters is 2. The Balaban J connectivity index is 4.21. The normalized spacial score (nSPS) is 10.8. The molecule has 0 aromatic heterocycles. The molecule has 0 unspecified atom stereocenters. The summed E-state index contributed by atoms with van der Waals surface area (Å²) in [5.41, 5.74) is -0.802. The molecule has 0 bridgehead atoms. The Morgan fingerprint density at radius 2 is 1.85 bits per heavy atom. The van der Waals surface area contributed by atoms with Crippen LogP contribution in [0.25, 0.3) is 0 Å². The molecular formula is C9H16O4. The molecule has 0 aromatic rings. The van der Waals surface area contributed by atoms with Crippen LogP contribution in [0.5, 0.6) is 0 Å². The molecule has 0 atom stereocenters. The van der Waals surface area contributed by atoms with Crippen molar-refractivity contribution in [2.24, 2.45) is 5.41 Å². The van der Waals surface area contributed by atoms with Crippen molar-refractivity contribution in [3.63, 3.8) is 0 Å². The molecule has 0 aliphatic heterocycles. The molecule has 0 aliphatic rings. The molecule has 0 aliphatic carbocycles. The molecule has 0 heterocycles. The maximum absolute atomic E-state index is 11.3. The predicted octanol–water partition coefficient (Wildman–Crippen LogP) is 1.14. The second-order valence-corrected chi connectivity index (χ2v) is 3.36. The monoisotopic (exact) mass is 188 g/mol. The van der Waals surface area contributed by atoms with E-state index in [-0.39, 0.29) is 12.4 Å². The number of ether oxygens (including phenoxy) is 2. The smallest absolute Gasteiger partial charge is 0.312 e. The molecule has 4 nitrogen and oxygen atoms in total. The molecule has 0 radical (unpaired) electrons. The fourth-order valence-electron chi connectivity index (χ4n) is 0.832. The van der Waals surface area contributed by atoms with E-state index < -0.39 is 11.4 Å². The minimum atomic E-state index is -0.802. The van der Waals surface area contributed by atoms with Crippen LogP contribution >= 0.6 is 0 Å². The molecule has 0 saturated carbocycles. The first-order valence-electron chi connectivity index (χ1n) is 4.18. The van der Waals surface area contributed by atoms with E-state index in [9.17, 15) is 9.59 Å². The van der Waals surface area contributed by atoms with Crippen molar-refractivity contribution >= 4 is 11.9 Å². The number of methoxy groups -OCH3 is 1. The molecule has 0 rings (SSSR count). The first-order valence-corrected chi connectivity index (χ1v) is 4.18. The summed E-state index contributed by atoms with van der Waals surface area (Å²) in [6, 6.07) is 0. The van der Waals surface area contributed by atoms with Crippen molar-refractivity contribution in [1.82, 2.24) is 0 Å². The van der Waals surface area contributed by atoms with Gasteiger partial charge in [0.25, 0.3) is 0 Å². The van der Waals surface area contributed by atoms with Crippen LogP contribution in [0.2, 0.25) is 0 Å². The summed E-state index contributed by atoms with van der Waals surface area (Å²) in [5.74, 6) is -0.779. The Kier molecular flexibility index (Phi) is 4.45. The molecule has 0 fully saturated rings. The largest absolute Gasteiger partial charge is 0.469 e. The molecule has 0 aromatic carbocycles. The summed E-state index contributed by atoms with van der Waals surface area (Å²) < 4.78 is 9.27. The average molecular weight is 188 g/mol. The average Bonchev–Trinajstić information content (AvgIpc) is 2.04. The summed E-state index contributed by atoms with van der Waals surface area (Å²) in [6.45, 7) is 5.36. The van der Waals surface area contributed by atoms with Gasteiger partial charge in [-0.1, -0.05) is 0 Å². The lowest BCUT2D eigenvalue weighted by Gasteiger charge is -2.20. The zero-order valence-electron chi connectivity index (χ0n) is 8.55. The fourth-order valence-corrected chi connectivity index (χ4v) is 0.832. The third kappa shape index (κ3) is 3.92. The highest BCUT2D eigenvalue weighted by Gasteiger charge is 2.32. The Morgan fingerprint density at radius 1 is 1.31 bits per heavy atom. The summed E-state index contributed by atoms with van der Waals surface area (Å²) in [5, 5.41) is 0. The van der Waals surface area contributed by atoms with Crippen LogP contribution in [-0.2, 0) is 19.1 Å². The van der Waals surface area contributed by atoms with Gasteiger partial charge in [0.2, 0.25) is 0 Å². The SMILES string of the molecule is CCOC(=O)C(C)(C)CC(=O)OC. The predicted molar refractivity (Wildman–Crippen MR) is 47.0 cm³/mol. The summed E-state index contributed by atoms with van der Waals surface area (Å²) in [7, 11) is 1.30. The van der Waals surface area contributed by atoms with Crippen LogP contribution in [-0.4, -0.2) is 25.7 Å². The van der Waals surface area contributed by atoms with Gasteiger partial charge in [0, 0.05) is 0 Å². The van der Waals surface area contributed by atoms with Gasteiger partial charge in [-0.15, -0.1) is 0 Å². The lowest BCUT2D eigenvalue weighted by Crippen LogP contribution is -2.29. The second kappa shape index (κ2) is 4.84. The standard InChI is InChI=1S/C9H16O4/c1-5-13-8(11)9(2,3)6-7(10)12-4/h5-6H2,1-4H3. The number of carbonyl (C=O) groups excluding carboxylic acids is 2. The first-order chi connectivity index (χ1) is 5.94. The van der Waals surface area contributed by atoms with Gasteiger partial charge in [-0.2, -0.15) is 0 Å². The summed E-state index contributed by atoms with van der Waals surface area (Å²) >= 11 is 0. The Bertz CT molecular complexity index is 196. The fraction of sp³-hybridized carbons (Fsp3) is 0.778. The molecular weight excluding hydrogens is 172 g/mol. The van der Waals surface area contributed by atoms with E-state index in [1.165, 1.54) is 7.11 Å². The van der Waals surface area contributed by atoms with E-state index in [0.717, 1.165) is 0 Å². The number of hydrogen-bond acceptors (Lipinski definition) is 4. The highest BCUT2D eigenvalue weighted by Crippen LogP contribution is 2.22. The summed E-state index contributed by atoms with van der Waals surface area (Å²) in [6.07, 6.45) is 0.0440. The third-order valence-corrected chi connectivity index (χ3v) is 1.64. The van der Waals surface area contributed by atoms with E-state index >= 15 is 0 Å². The number of rotatable bonds is 4. The Hall–Kier alpha value is -1.06. The van der Waals surface area contributed by atoms with Crippen LogP contribution in [0.3, 0.4) is 0 Å². The summed E-state index contributed by atoms with van der Waals surface area (Å²) in [4.78, 5) is 22.2. The molecule has 0 saturated heterocycles. The van der Waals surface area contributed by atoms with Crippen molar-refractivity contribution in [2.45, 2.75) is 27.2 Å².